The zero-order chi connectivity index (χ0) is 13.2. The van der Waals surface area contributed by atoms with Gasteiger partial charge >= 0.3 is 0 Å². The number of pyridine rings is 1. The number of halogens is 3. The molecule has 100 valence electrons. The number of aromatic nitrogens is 1. The van der Waals surface area contributed by atoms with Gasteiger partial charge in [-0.1, -0.05) is 0 Å². The van der Waals surface area contributed by atoms with Crippen molar-refractivity contribution in [2.75, 3.05) is 20.2 Å². The van der Waals surface area contributed by atoms with Crippen molar-refractivity contribution in [2.45, 2.75) is 25.3 Å². The van der Waals surface area contributed by atoms with Crippen LogP contribution in [0.25, 0.3) is 0 Å². The van der Waals surface area contributed by atoms with Gasteiger partial charge in [0.2, 0.25) is 5.88 Å². The minimum Gasteiger partial charge on any atom is -0.481 e. The van der Waals surface area contributed by atoms with Crippen molar-refractivity contribution in [2.24, 2.45) is 0 Å². The van der Waals surface area contributed by atoms with Gasteiger partial charge in [-0.15, -0.1) is 0 Å². The second kappa shape index (κ2) is 5.64. The quantitative estimate of drug-likeness (QED) is 0.768. The summed E-state index contributed by atoms with van der Waals surface area (Å²) in [5.41, 5.74) is 0.887. The number of methoxy groups -OCH3 is 1. The zero-order valence-electron chi connectivity index (χ0n) is 10.1. The van der Waals surface area contributed by atoms with Crippen molar-refractivity contribution < 1.29 is 13.5 Å². The average Bonchev–Trinajstić information content (AvgIpc) is 2.30. The molecule has 1 saturated heterocycles. The van der Waals surface area contributed by atoms with E-state index < -0.39 is 5.92 Å². The summed E-state index contributed by atoms with van der Waals surface area (Å²) in [5, 5.41) is 0. The second-order valence-electron chi connectivity index (χ2n) is 4.45. The van der Waals surface area contributed by atoms with Crippen LogP contribution in [0, 0.1) is 3.57 Å². The Hall–Kier alpha value is -0.500. The average molecular weight is 368 g/mol. The maximum atomic E-state index is 13.3. The van der Waals surface area contributed by atoms with Crippen molar-refractivity contribution in [3.05, 3.63) is 21.4 Å². The molecule has 18 heavy (non-hydrogen) atoms. The second-order valence-corrected chi connectivity index (χ2v) is 5.61. The molecule has 0 amide bonds. The first-order chi connectivity index (χ1) is 8.52. The van der Waals surface area contributed by atoms with Crippen molar-refractivity contribution in [1.82, 2.24) is 9.88 Å². The summed E-state index contributed by atoms with van der Waals surface area (Å²) < 4.78 is 32.9. The van der Waals surface area contributed by atoms with E-state index in [1.165, 1.54) is 0 Å². The van der Waals surface area contributed by atoms with Crippen LogP contribution in [0.2, 0.25) is 0 Å². The van der Waals surface area contributed by atoms with Gasteiger partial charge in [0.25, 0.3) is 5.92 Å². The highest BCUT2D eigenvalue weighted by Crippen LogP contribution is 2.29. The van der Waals surface area contributed by atoms with Gasteiger partial charge in [-0.05, 0) is 41.6 Å². The highest BCUT2D eigenvalue weighted by atomic mass is 127. The lowest BCUT2D eigenvalue weighted by Crippen LogP contribution is -2.42. The van der Waals surface area contributed by atoms with Crippen LogP contribution in [0.1, 0.15) is 18.4 Å². The fourth-order valence-corrected chi connectivity index (χ4v) is 2.74. The molecule has 1 aliphatic rings. The Morgan fingerprint density at radius 2 is 2.33 bits per heavy atom. The Morgan fingerprint density at radius 3 is 3.00 bits per heavy atom. The third-order valence-corrected chi connectivity index (χ3v) is 4.02. The smallest absolute Gasteiger partial charge is 0.260 e. The highest BCUT2D eigenvalue weighted by Gasteiger charge is 2.35. The molecule has 3 nitrogen and oxygen atoms in total. The van der Waals surface area contributed by atoms with Crippen LogP contribution in [-0.4, -0.2) is 36.0 Å². The molecule has 2 heterocycles. The molecule has 0 radical (unpaired) electrons. The molecule has 0 aromatic carbocycles. The van der Waals surface area contributed by atoms with Crippen LogP contribution < -0.4 is 4.74 Å². The summed E-state index contributed by atoms with van der Waals surface area (Å²) in [6.45, 7) is 0.982. The monoisotopic (exact) mass is 368 g/mol. The van der Waals surface area contributed by atoms with Crippen molar-refractivity contribution >= 4 is 22.6 Å². The number of alkyl halides is 2. The van der Waals surface area contributed by atoms with Crippen molar-refractivity contribution in [1.29, 1.82) is 0 Å². The molecule has 1 aromatic heterocycles. The van der Waals surface area contributed by atoms with Crippen LogP contribution in [-0.2, 0) is 6.54 Å². The van der Waals surface area contributed by atoms with E-state index in [9.17, 15) is 8.78 Å². The third-order valence-electron chi connectivity index (χ3n) is 3.01. The largest absolute Gasteiger partial charge is 0.481 e. The maximum absolute atomic E-state index is 13.3. The summed E-state index contributed by atoms with van der Waals surface area (Å²) >= 11 is 2.18. The van der Waals surface area contributed by atoms with E-state index in [2.05, 4.69) is 27.6 Å². The van der Waals surface area contributed by atoms with Gasteiger partial charge in [-0.25, -0.2) is 13.8 Å². The van der Waals surface area contributed by atoms with E-state index >= 15 is 0 Å². The van der Waals surface area contributed by atoms with Gasteiger partial charge in [0.1, 0.15) is 0 Å². The van der Waals surface area contributed by atoms with Gasteiger partial charge in [-0.2, -0.15) is 0 Å². The Bertz CT molecular complexity index is 429. The fourth-order valence-electron chi connectivity index (χ4n) is 2.18. The predicted octanol–water partition coefficient (Wildman–Crippen LogP) is 2.93. The molecule has 0 saturated carbocycles. The summed E-state index contributed by atoms with van der Waals surface area (Å²) in [7, 11) is 1.55. The molecule has 0 bridgehead atoms. The molecular weight excluding hydrogens is 353 g/mol. The fraction of sp³-hybridized carbons (Fsp3) is 0.583. The van der Waals surface area contributed by atoms with Crippen molar-refractivity contribution in [3.8, 4) is 5.88 Å². The molecule has 0 aliphatic carbocycles. The van der Waals surface area contributed by atoms with Crippen LogP contribution in [0.3, 0.4) is 0 Å². The summed E-state index contributed by atoms with van der Waals surface area (Å²) in [4.78, 5) is 5.89. The molecule has 2 rings (SSSR count). The van der Waals surface area contributed by atoms with Gasteiger partial charge in [0, 0.05) is 28.3 Å². The van der Waals surface area contributed by atoms with Crippen LogP contribution in [0.5, 0.6) is 5.88 Å². The van der Waals surface area contributed by atoms with Crippen LogP contribution in [0.15, 0.2) is 12.3 Å². The minimum absolute atomic E-state index is 0.00916. The first kappa shape index (κ1) is 13.9. The van der Waals surface area contributed by atoms with Crippen LogP contribution >= 0.6 is 22.6 Å². The van der Waals surface area contributed by atoms with Gasteiger partial charge in [-0.3, -0.25) is 4.90 Å². The normalized spacial score (nSPS) is 19.8. The number of likely N-dealkylation sites (tertiary alicyclic amines) is 1. The maximum Gasteiger partial charge on any atom is 0.260 e. The Kier molecular flexibility index (Phi) is 4.37. The lowest BCUT2D eigenvalue weighted by atomic mass is 10.1. The Labute approximate surface area is 119 Å². The number of rotatable bonds is 3. The van der Waals surface area contributed by atoms with Gasteiger partial charge < -0.3 is 4.74 Å². The van der Waals surface area contributed by atoms with E-state index in [1.807, 2.05) is 6.07 Å². The number of hydrogen-bond acceptors (Lipinski definition) is 3. The topological polar surface area (TPSA) is 25.4 Å². The molecule has 1 fully saturated rings. The zero-order valence-corrected chi connectivity index (χ0v) is 12.3. The first-order valence-electron chi connectivity index (χ1n) is 5.79. The van der Waals surface area contributed by atoms with E-state index in [1.54, 1.807) is 18.2 Å². The van der Waals surface area contributed by atoms with Crippen LogP contribution in [0.4, 0.5) is 8.78 Å². The number of piperidine rings is 1. The molecule has 0 spiro atoms. The summed E-state index contributed by atoms with van der Waals surface area (Å²) in [5.74, 6) is -2.05. The molecule has 0 unspecified atom stereocenters. The molecular formula is C12H15F2IN2O. The minimum atomic E-state index is -2.57. The molecule has 1 aliphatic heterocycles. The predicted molar refractivity (Wildman–Crippen MR) is 73.0 cm³/mol. The van der Waals surface area contributed by atoms with Crippen molar-refractivity contribution in [3.63, 3.8) is 0 Å². The van der Waals surface area contributed by atoms with E-state index in [0.29, 0.717) is 25.4 Å². The van der Waals surface area contributed by atoms with E-state index in [0.717, 1.165) is 9.13 Å². The van der Waals surface area contributed by atoms with Gasteiger partial charge in [0.15, 0.2) is 0 Å². The summed E-state index contributed by atoms with van der Waals surface area (Å²) in [6.07, 6.45) is 2.19. The Balaban J connectivity index is 2.14. The number of nitrogens with zero attached hydrogens (tertiary/aromatic N) is 2. The lowest BCUT2D eigenvalue weighted by molar-refractivity contribution is -0.0663. The van der Waals surface area contributed by atoms with E-state index in [4.69, 9.17) is 4.74 Å². The molecule has 0 N–H and O–H groups in total. The lowest BCUT2D eigenvalue weighted by Gasteiger charge is -2.32. The van der Waals surface area contributed by atoms with E-state index in [-0.39, 0.29) is 13.0 Å². The molecule has 1 aromatic rings. The number of ether oxygens (including phenoxy) is 1. The third kappa shape index (κ3) is 3.28. The standard InChI is InChI=1S/C12H15F2IN2O/c1-18-11-9(10(15)3-5-16-11)7-17-6-2-4-12(13,14)8-17/h3,5H,2,4,6-8H2,1H3. The SMILES string of the molecule is COc1nccc(I)c1CN1CCCC(F)(F)C1. The summed E-state index contributed by atoms with van der Waals surface area (Å²) in [6, 6.07) is 1.86. The Morgan fingerprint density at radius 1 is 1.56 bits per heavy atom. The number of hydrogen-bond donors (Lipinski definition) is 0. The highest BCUT2D eigenvalue weighted by molar-refractivity contribution is 14.1. The van der Waals surface area contributed by atoms with Gasteiger partial charge in [0.05, 0.1) is 13.7 Å². The molecule has 0 atom stereocenters. The molecule has 6 heteroatoms. The first-order valence-corrected chi connectivity index (χ1v) is 6.87.